The Bertz CT molecular complexity index is 899. The van der Waals surface area contributed by atoms with Crippen LogP contribution in [0.15, 0.2) is 23.3 Å². The van der Waals surface area contributed by atoms with Crippen molar-refractivity contribution in [2.75, 3.05) is 0 Å². The molecule has 0 saturated heterocycles. The highest BCUT2D eigenvalue weighted by Crippen LogP contribution is 2.13. The fourth-order valence-electron chi connectivity index (χ4n) is 2.01. The molecule has 0 atom stereocenters. The molecule has 1 aromatic carbocycles. The maximum absolute atomic E-state index is 13.3. The van der Waals surface area contributed by atoms with E-state index >= 15 is 0 Å². The molecule has 0 fully saturated rings. The molecule has 2 aromatic heterocycles. The predicted molar refractivity (Wildman–Crippen MR) is 70.8 cm³/mol. The third-order valence-electron chi connectivity index (χ3n) is 3.36. The smallest absolute Gasteiger partial charge is 0.261 e. The minimum absolute atomic E-state index is 0.0234. The van der Waals surface area contributed by atoms with Gasteiger partial charge in [0, 0.05) is 13.1 Å². The van der Waals surface area contributed by atoms with Gasteiger partial charge in [-0.05, 0) is 13.0 Å². The molecule has 0 N–H and O–H groups in total. The molecule has 108 valence electrons. The summed E-state index contributed by atoms with van der Waals surface area (Å²) in [5.74, 6) is -0.831. The van der Waals surface area contributed by atoms with Crippen LogP contribution in [0.2, 0.25) is 0 Å². The van der Waals surface area contributed by atoms with E-state index in [0.717, 1.165) is 12.1 Å². The molecule has 6 nitrogen and oxygen atoms in total. The summed E-state index contributed by atoms with van der Waals surface area (Å²) in [4.78, 5) is 16.3. The first-order valence-corrected chi connectivity index (χ1v) is 6.16. The molecule has 2 heterocycles. The van der Waals surface area contributed by atoms with Crippen LogP contribution in [0.5, 0.6) is 0 Å². The largest absolute Gasteiger partial charge is 0.317 e. The lowest BCUT2D eigenvalue weighted by atomic mass is 10.2. The quantitative estimate of drug-likeness (QED) is 0.710. The molecule has 0 radical (unpaired) electrons. The average Bonchev–Trinajstić information content (AvgIpc) is 2.76. The molecule has 3 rings (SSSR count). The van der Waals surface area contributed by atoms with E-state index < -0.39 is 17.2 Å². The number of benzene rings is 1. The van der Waals surface area contributed by atoms with Crippen molar-refractivity contribution >= 4 is 10.9 Å². The summed E-state index contributed by atoms with van der Waals surface area (Å²) < 4.78 is 29.4. The van der Waals surface area contributed by atoms with Gasteiger partial charge in [-0.25, -0.2) is 13.8 Å². The Balaban J connectivity index is 2.12. The Morgan fingerprint density at radius 2 is 1.90 bits per heavy atom. The second kappa shape index (κ2) is 4.72. The molecule has 0 saturated carbocycles. The number of rotatable bonds is 2. The summed E-state index contributed by atoms with van der Waals surface area (Å²) in [6.45, 7) is 1.94. The van der Waals surface area contributed by atoms with Crippen molar-refractivity contribution in [1.82, 2.24) is 24.3 Å². The average molecular weight is 291 g/mol. The summed E-state index contributed by atoms with van der Waals surface area (Å²) in [5, 5.41) is 7.88. The van der Waals surface area contributed by atoms with Crippen LogP contribution in [-0.2, 0) is 13.6 Å². The zero-order chi connectivity index (χ0) is 15.1. The van der Waals surface area contributed by atoms with E-state index in [1.165, 1.54) is 10.9 Å². The lowest BCUT2D eigenvalue weighted by Crippen LogP contribution is -2.23. The van der Waals surface area contributed by atoms with Gasteiger partial charge >= 0.3 is 0 Å². The number of aryl methyl sites for hydroxylation is 1. The van der Waals surface area contributed by atoms with Crippen molar-refractivity contribution < 1.29 is 8.78 Å². The molecule has 21 heavy (non-hydrogen) atoms. The van der Waals surface area contributed by atoms with E-state index in [-0.39, 0.29) is 17.4 Å². The molecule has 0 aliphatic rings. The first-order valence-electron chi connectivity index (χ1n) is 6.16. The van der Waals surface area contributed by atoms with Gasteiger partial charge in [-0.15, -0.1) is 10.2 Å². The van der Waals surface area contributed by atoms with Crippen LogP contribution in [0.1, 0.15) is 11.6 Å². The van der Waals surface area contributed by atoms with Crippen LogP contribution in [0.4, 0.5) is 8.78 Å². The van der Waals surface area contributed by atoms with E-state index in [1.807, 2.05) is 0 Å². The van der Waals surface area contributed by atoms with Gasteiger partial charge in [0.15, 0.2) is 17.5 Å². The number of nitrogens with zero attached hydrogens (tertiary/aromatic N) is 5. The van der Waals surface area contributed by atoms with Crippen LogP contribution >= 0.6 is 0 Å². The lowest BCUT2D eigenvalue weighted by molar-refractivity contribution is 0.510. The van der Waals surface area contributed by atoms with Crippen molar-refractivity contribution in [3.63, 3.8) is 0 Å². The van der Waals surface area contributed by atoms with Gasteiger partial charge in [0.2, 0.25) is 0 Å². The van der Waals surface area contributed by atoms with E-state index in [1.54, 1.807) is 18.5 Å². The summed E-state index contributed by atoms with van der Waals surface area (Å²) in [6.07, 6.45) is 1.28. The normalized spacial score (nSPS) is 11.2. The minimum atomic E-state index is -1.08. The van der Waals surface area contributed by atoms with Gasteiger partial charge in [0.1, 0.15) is 5.82 Å². The van der Waals surface area contributed by atoms with Crippen molar-refractivity contribution in [2.45, 2.75) is 13.5 Å². The van der Waals surface area contributed by atoms with E-state index in [9.17, 15) is 13.6 Å². The highest BCUT2D eigenvalue weighted by molar-refractivity contribution is 5.77. The van der Waals surface area contributed by atoms with Gasteiger partial charge in [0.25, 0.3) is 5.56 Å². The van der Waals surface area contributed by atoms with Crippen LogP contribution in [0, 0.1) is 18.6 Å². The van der Waals surface area contributed by atoms with Gasteiger partial charge in [-0.3, -0.25) is 9.36 Å². The maximum atomic E-state index is 13.3. The van der Waals surface area contributed by atoms with Crippen molar-refractivity contribution in [3.05, 3.63) is 52.1 Å². The molecule has 0 spiro atoms. The van der Waals surface area contributed by atoms with E-state index in [4.69, 9.17) is 0 Å². The number of hydrogen-bond donors (Lipinski definition) is 0. The Labute approximate surface area is 117 Å². The summed E-state index contributed by atoms with van der Waals surface area (Å²) in [7, 11) is 1.78. The van der Waals surface area contributed by atoms with Crippen molar-refractivity contribution in [1.29, 1.82) is 0 Å². The van der Waals surface area contributed by atoms with Crippen LogP contribution in [0.3, 0.4) is 0 Å². The van der Waals surface area contributed by atoms with E-state index in [2.05, 4.69) is 15.2 Å². The summed E-state index contributed by atoms with van der Waals surface area (Å²) in [6, 6.07) is 1.77. The highest BCUT2D eigenvalue weighted by Gasteiger charge is 2.12. The second-order valence-corrected chi connectivity index (χ2v) is 4.68. The van der Waals surface area contributed by atoms with E-state index in [0.29, 0.717) is 11.6 Å². The standard InChI is InChI=1S/C13H11F2N5O/c1-7-17-18-12(19(7)2)5-20-6-16-11-4-10(15)9(14)3-8(11)13(20)21/h3-4,6H,5H2,1-2H3. The maximum Gasteiger partial charge on any atom is 0.261 e. The molecule has 0 aliphatic heterocycles. The summed E-state index contributed by atoms with van der Waals surface area (Å²) >= 11 is 0. The van der Waals surface area contributed by atoms with Crippen LogP contribution < -0.4 is 5.56 Å². The Hall–Kier alpha value is -2.64. The number of aromatic nitrogens is 5. The van der Waals surface area contributed by atoms with Gasteiger partial charge in [-0.1, -0.05) is 0 Å². The van der Waals surface area contributed by atoms with Gasteiger partial charge in [-0.2, -0.15) is 0 Å². The molecule has 0 unspecified atom stereocenters. The third kappa shape index (κ3) is 2.18. The first kappa shape index (κ1) is 13.3. The Morgan fingerprint density at radius 3 is 2.57 bits per heavy atom. The third-order valence-corrected chi connectivity index (χ3v) is 3.36. The molecule has 0 bridgehead atoms. The van der Waals surface area contributed by atoms with Gasteiger partial charge < -0.3 is 4.57 Å². The molecule has 0 aliphatic carbocycles. The van der Waals surface area contributed by atoms with Gasteiger partial charge in [0.05, 0.1) is 23.8 Å². The highest BCUT2D eigenvalue weighted by atomic mass is 19.2. The minimum Gasteiger partial charge on any atom is -0.317 e. The molecular weight excluding hydrogens is 280 g/mol. The molecule has 3 aromatic rings. The first-order chi connectivity index (χ1) is 9.97. The van der Waals surface area contributed by atoms with Crippen molar-refractivity contribution in [3.8, 4) is 0 Å². The fraction of sp³-hybridized carbons (Fsp3) is 0.231. The Morgan fingerprint density at radius 1 is 1.19 bits per heavy atom. The fourth-order valence-corrected chi connectivity index (χ4v) is 2.01. The monoisotopic (exact) mass is 291 g/mol. The number of halogens is 2. The number of fused-ring (bicyclic) bond motifs is 1. The van der Waals surface area contributed by atoms with Crippen LogP contribution in [-0.4, -0.2) is 24.3 Å². The predicted octanol–water partition coefficient (Wildman–Crippen LogP) is 1.16. The zero-order valence-electron chi connectivity index (χ0n) is 11.3. The van der Waals surface area contributed by atoms with Crippen LogP contribution in [0.25, 0.3) is 10.9 Å². The number of hydrogen-bond acceptors (Lipinski definition) is 4. The topological polar surface area (TPSA) is 65.6 Å². The summed E-state index contributed by atoms with van der Waals surface area (Å²) in [5.41, 5.74) is -0.344. The van der Waals surface area contributed by atoms with Crippen molar-refractivity contribution in [2.24, 2.45) is 7.05 Å². The molecular formula is C13H11F2N5O. The second-order valence-electron chi connectivity index (χ2n) is 4.68. The lowest BCUT2D eigenvalue weighted by Gasteiger charge is -2.06. The SMILES string of the molecule is Cc1nnc(Cn2cnc3cc(F)c(F)cc3c2=O)n1C. The Kier molecular flexibility index (Phi) is 3.00. The zero-order valence-corrected chi connectivity index (χ0v) is 11.3. The molecule has 0 amide bonds. The molecule has 8 heteroatoms.